The molecule has 3 N–H and O–H groups in total. The Morgan fingerprint density at radius 2 is 1.92 bits per heavy atom. The van der Waals surface area contributed by atoms with Gasteiger partial charge in [-0.15, -0.1) is 0 Å². The maximum Gasteiger partial charge on any atom is 0.219 e. The van der Waals surface area contributed by atoms with Crippen molar-refractivity contribution in [2.75, 3.05) is 13.1 Å². The number of hydrogen-bond donors (Lipinski definition) is 2. The lowest BCUT2D eigenvalue weighted by Crippen LogP contribution is -2.23. The van der Waals surface area contributed by atoms with Gasteiger partial charge in [-0.2, -0.15) is 0 Å². The Labute approximate surface area is 74.7 Å². The standard InChI is InChI=1S/C9H20N2O/c1-2-9(12)11-8-6-4-3-5-7-10/h2-8,10H2,1H3,(H,11,12). The molecule has 0 unspecified atom stereocenters. The molecule has 0 saturated carbocycles. The van der Waals surface area contributed by atoms with Crippen molar-refractivity contribution in [3.63, 3.8) is 0 Å². The molecule has 72 valence electrons. The largest absolute Gasteiger partial charge is 0.356 e. The lowest BCUT2D eigenvalue weighted by molar-refractivity contribution is -0.120. The van der Waals surface area contributed by atoms with E-state index in [9.17, 15) is 4.79 Å². The van der Waals surface area contributed by atoms with Crippen molar-refractivity contribution < 1.29 is 4.79 Å². The summed E-state index contributed by atoms with van der Waals surface area (Å²) in [6.07, 6.45) is 5.11. The van der Waals surface area contributed by atoms with Gasteiger partial charge in [0.2, 0.25) is 5.91 Å². The van der Waals surface area contributed by atoms with Crippen LogP contribution in [0.4, 0.5) is 0 Å². The van der Waals surface area contributed by atoms with Crippen molar-refractivity contribution in [3.8, 4) is 0 Å². The van der Waals surface area contributed by atoms with E-state index in [0.29, 0.717) is 6.42 Å². The Bertz CT molecular complexity index is 115. The number of nitrogens with one attached hydrogen (secondary N) is 1. The fourth-order valence-corrected chi connectivity index (χ4v) is 0.976. The molecule has 0 spiro atoms. The zero-order valence-corrected chi connectivity index (χ0v) is 7.94. The summed E-state index contributed by atoms with van der Waals surface area (Å²) < 4.78 is 0. The number of amides is 1. The van der Waals surface area contributed by atoms with Gasteiger partial charge in [0.1, 0.15) is 0 Å². The summed E-state index contributed by atoms with van der Waals surface area (Å²) in [5, 5.41) is 2.84. The second-order valence-corrected chi connectivity index (χ2v) is 2.91. The van der Waals surface area contributed by atoms with E-state index in [0.717, 1.165) is 25.9 Å². The SMILES string of the molecule is CCC(=O)NCCCCCCN. The Hall–Kier alpha value is -0.570. The minimum absolute atomic E-state index is 0.147. The first-order valence-corrected chi connectivity index (χ1v) is 4.78. The zero-order chi connectivity index (χ0) is 9.23. The predicted octanol–water partition coefficient (Wildman–Crippen LogP) is 1.03. The van der Waals surface area contributed by atoms with Crippen LogP contribution in [0.15, 0.2) is 0 Å². The third kappa shape index (κ3) is 7.54. The van der Waals surface area contributed by atoms with Crippen molar-refractivity contribution in [2.45, 2.75) is 39.0 Å². The van der Waals surface area contributed by atoms with E-state index in [1.54, 1.807) is 0 Å². The van der Waals surface area contributed by atoms with Gasteiger partial charge in [0.25, 0.3) is 0 Å². The Morgan fingerprint density at radius 3 is 2.50 bits per heavy atom. The van der Waals surface area contributed by atoms with Gasteiger partial charge in [0, 0.05) is 13.0 Å². The van der Waals surface area contributed by atoms with Crippen LogP contribution in [0.5, 0.6) is 0 Å². The zero-order valence-electron chi connectivity index (χ0n) is 7.94. The maximum atomic E-state index is 10.8. The van der Waals surface area contributed by atoms with Crippen LogP contribution in [0.3, 0.4) is 0 Å². The molecule has 0 radical (unpaired) electrons. The third-order valence-corrected chi connectivity index (χ3v) is 1.77. The fraction of sp³-hybridized carbons (Fsp3) is 0.889. The van der Waals surface area contributed by atoms with Crippen molar-refractivity contribution in [2.24, 2.45) is 5.73 Å². The molecule has 0 saturated heterocycles. The first kappa shape index (κ1) is 11.4. The van der Waals surface area contributed by atoms with Gasteiger partial charge < -0.3 is 11.1 Å². The van der Waals surface area contributed by atoms with Crippen LogP contribution in [0, 0.1) is 0 Å². The first-order valence-electron chi connectivity index (χ1n) is 4.78. The number of carbonyl (C=O) groups excluding carboxylic acids is 1. The first-order chi connectivity index (χ1) is 5.81. The molecule has 0 aromatic carbocycles. The molecule has 0 aromatic heterocycles. The molecular weight excluding hydrogens is 152 g/mol. The van der Waals surface area contributed by atoms with E-state index in [2.05, 4.69) is 5.32 Å². The minimum atomic E-state index is 0.147. The topological polar surface area (TPSA) is 55.1 Å². The summed E-state index contributed by atoms with van der Waals surface area (Å²) in [6.45, 7) is 3.46. The predicted molar refractivity (Wildman–Crippen MR) is 50.8 cm³/mol. The highest BCUT2D eigenvalue weighted by Crippen LogP contribution is 1.96. The van der Waals surface area contributed by atoms with E-state index in [4.69, 9.17) is 5.73 Å². The van der Waals surface area contributed by atoms with E-state index >= 15 is 0 Å². The molecule has 0 aliphatic carbocycles. The summed E-state index contributed by atoms with van der Waals surface area (Å²) >= 11 is 0. The number of hydrogen-bond acceptors (Lipinski definition) is 2. The number of carbonyl (C=O) groups is 1. The molecule has 0 aliphatic heterocycles. The summed E-state index contributed by atoms with van der Waals surface area (Å²) in [5.74, 6) is 0.147. The highest BCUT2D eigenvalue weighted by Gasteiger charge is 1.94. The quantitative estimate of drug-likeness (QED) is 0.564. The number of unbranched alkanes of at least 4 members (excludes halogenated alkanes) is 3. The average molecular weight is 172 g/mol. The molecule has 0 aliphatic rings. The van der Waals surface area contributed by atoms with Crippen LogP contribution in [0.25, 0.3) is 0 Å². The highest BCUT2D eigenvalue weighted by atomic mass is 16.1. The van der Waals surface area contributed by atoms with Crippen molar-refractivity contribution in [1.82, 2.24) is 5.32 Å². The summed E-state index contributed by atoms with van der Waals surface area (Å²) in [7, 11) is 0. The molecule has 1 amide bonds. The van der Waals surface area contributed by atoms with Crippen molar-refractivity contribution in [1.29, 1.82) is 0 Å². The van der Waals surface area contributed by atoms with E-state index in [1.165, 1.54) is 12.8 Å². The molecule has 0 rings (SSSR count). The molecule has 0 fully saturated rings. The minimum Gasteiger partial charge on any atom is -0.356 e. The van der Waals surface area contributed by atoms with Crippen molar-refractivity contribution >= 4 is 5.91 Å². The molecular formula is C9H20N2O. The van der Waals surface area contributed by atoms with Gasteiger partial charge in [-0.1, -0.05) is 19.8 Å². The second-order valence-electron chi connectivity index (χ2n) is 2.91. The third-order valence-electron chi connectivity index (χ3n) is 1.77. The summed E-state index contributed by atoms with van der Waals surface area (Å²) in [6, 6.07) is 0. The van der Waals surface area contributed by atoms with Gasteiger partial charge in [0.15, 0.2) is 0 Å². The average Bonchev–Trinajstić information content (AvgIpc) is 2.10. The lowest BCUT2D eigenvalue weighted by atomic mass is 10.2. The van der Waals surface area contributed by atoms with Gasteiger partial charge >= 0.3 is 0 Å². The van der Waals surface area contributed by atoms with E-state index in [1.807, 2.05) is 6.92 Å². The molecule has 0 heterocycles. The van der Waals surface area contributed by atoms with Gasteiger partial charge in [-0.05, 0) is 19.4 Å². The normalized spacial score (nSPS) is 9.83. The summed E-state index contributed by atoms with van der Waals surface area (Å²) in [5.41, 5.74) is 5.34. The number of rotatable bonds is 7. The molecule has 3 heteroatoms. The van der Waals surface area contributed by atoms with Crippen LogP contribution in [-0.2, 0) is 4.79 Å². The Morgan fingerprint density at radius 1 is 1.25 bits per heavy atom. The molecule has 0 atom stereocenters. The fourth-order valence-electron chi connectivity index (χ4n) is 0.976. The van der Waals surface area contributed by atoms with Crippen LogP contribution in [-0.4, -0.2) is 19.0 Å². The molecule has 0 bridgehead atoms. The Balaban J connectivity index is 2.95. The van der Waals surface area contributed by atoms with Gasteiger partial charge in [0.05, 0.1) is 0 Å². The Kier molecular flexibility index (Phi) is 8.12. The van der Waals surface area contributed by atoms with Crippen LogP contribution in [0.1, 0.15) is 39.0 Å². The van der Waals surface area contributed by atoms with E-state index < -0.39 is 0 Å². The monoisotopic (exact) mass is 172 g/mol. The van der Waals surface area contributed by atoms with Crippen LogP contribution >= 0.6 is 0 Å². The van der Waals surface area contributed by atoms with Crippen molar-refractivity contribution in [3.05, 3.63) is 0 Å². The highest BCUT2D eigenvalue weighted by molar-refractivity contribution is 5.75. The lowest BCUT2D eigenvalue weighted by Gasteiger charge is -2.02. The van der Waals surface area contributed by atoms with Crippen LogP contribution in [0.2, 0.25) is 0 Å². The number of nitrogens with two attached hydrogens (primary N) is 1. The second kappa shape index (κ2) is 8.53. The van der Waals surface area contributed by atoms with Gasteiger partial charge in [-0.25, -0.2) is 0 Å². The van der Waals surface area contributed by atoms with Crippen LogP contribution < -0.4 is 11.1 Å². The molecule has 12 heavy (non-hydrogen) atoms. The molecule has 3 nitrogen and oxygen atoms in total. The maximum absolute atomic E-state index is 10.8. The summed E-state index contributed by atoms with van der Waals surface area (Å²) in [4.78, 5) is 10.8. The van der Waals surface area contributed by atoms with E-state index in [-0.39, 0.29) is 5.91 Å². The van der Waals surface area contributed by atoms with Gasteiger partial charge in [-0.3, -0.25) is 4.79 Å². The molecule has 0 aromatic rings. The smallest absolute Gasteiger partial charge is 0.219 e.